The summed E-state index contributed by atoms with van der Waals surface area (Å²) in [5.41, 5.74) is 3.07. The third kappa shape index (κ3) is 5.48. The van der Waals surface area contributed by atoms with Gasteiger partial charge in [0.1, 0.15) is 0 Å². The van der Waals surface area contributed by atoms with Gasteiger partial charge in [0, 0.05) is 32.7 Å². The molecule has 0 radical (unpaired) electrons. The van der Waals surface area contributed by atoms with E-state index in [4.69, 9.17) is 5.11 Å². The number of sulfonamides is 1. The Hall–Kier alpha value is -0.660. The number of halogens is 1. The molecule has 0 bridgehead atoms. The van der Waals surface area contributed by atoms with Crippen LogP contribution in [0.5, 0.6) is 0 Å². The summed E-state index contributed by atoms with van der Waals surface area (Å²) in [7, 11) is -3.55. The number of aliphatic hydroxyl groups is 1. The SMILES string of the molecule is CC(C)c1cc(C(C)C)c(S(=O)(=O)N2CCN(CCO)CC2)c(C(C)C)c1.Cl. The van der Waals surface area contributed by atoms with Gasteiger partial charge in [0.2, 0.25) is 10.0 Å². The molecular weight excluding hydrogens is 396 g/mol. The topological polar surface area (TPSA) is 60.9 Å². The first kappa shape index (κ1) is 25.4. The molecule has 1 aromatic carbocycles. The van der Waals surface area contributed by atoms with Crippen LogP contribution >= 0.6 is 12.4 Å². The lowest BCUT2D eigenvalue weighted by molar-refractivity contribution is 0.151. The van der Waals surface area contributed by atoms with Crippen LogP contribution in [0.2, 0.25) is 0 Å². The Morgan fingerprint density at radius 3 is 1.71 bits per heavy atom. The summed E-state index contributed by atoms with van der Waals surface area (Å²) >= 11 is 0. The lowest BCUT2D eigenvalue weighted by Crippen LogP contribution is -2.49. The molecule has 1 aliphatic rings. The van der Waals surface area contributed by atoms with E-state index in [9.17, 15) is 8.42 Å². The predicted molar refractivity (Wildman–Crippen MR) is 118 cm³/mol. The Morgan fingerprint density at radius 1 is 0.893 bits per heavy atom. The second-order valence-electron chi connectivity index (χ2n) is 8.46. The molecular formula is C21H37ClN2O3S. The highest BCUT2D eigenvalue weighted by Gasteiger charge is 2.33. The number of hydrogen-bond donors (Lipinski definition) is 1. The average Bonchev–Trinajstić information content (AvgIpc) is 2.61. The summed E-state index contributed by atoms with van der Waals surface area (Å²) in [6, 6.07) is 4.19. The van der Waals surface area contributed by atoms with Crippen LogP contribution in [-0.2, 0) is 10.0 Å². The molecule has 0 unspecified atom stereocenters. The summed E-state index contributed by atoms with van der Waals surface area (Å²) in [6.07, 6.45) is 0. The first-order valence-electron chi connectivity index (χ1n) is 10.1. The first-order valence-corrected chi connectivity index (χ1v) is 11.5. The van der Waals surface area contributed by atoms with E-state index in [1.807, 2.05) is 0 Å². The molecule has 162 valence electrons. The van der Waals surface area contributed by atoms with E-state index < -0.39 is 10.0 Å². The van der Waals surface area contributed by atoms with Crippen molar-refractivity contribution in [3.63, 3.8) is 0 Å². The van der Waals surface area contributed by atoms with E-state index in [0.717, 1.165) is 11.1 Å². The van der Waals surface area contributed by atoms with Gasteiger partial charge in [-0.2, -0.15) is 4.31 Å². The third-order valence-corrected chi connectivity index (χ3v) is 7.46. The Kier molecular flexibility index (Phi) is 9.42. The van der Waals surface area contributed by atoms with Gasteiger partial charge in [-0.1, -0.05) is 53.7 Å². The van der Waals surface area contributed by atoms with Gasteiger partial charge < -0.3 is 5.11 Å². The Labute approximate surface area is 177 Å². The maximum absolute atomic E-state index is 13.6. The zero-order chi connectivity index (χ0) is 20.4. The monoisotopic (exact) mass is 432 g/mol. The third-order valence-electron chi connectivity index (χ3n) is 5.42. The Balaban J connectivity index is 0.00000392. The fourth-order valence-corrected chi connectivity index (χ4v) is 5.74. The van der Waals surface area contributed by atoms with Crippen LogP contribution in [0.1, 0.15) is 76.0 Å². The molecule has 0 spiro atoms. The van der Waals surface area contributed by atoms with Gasteiger partial charge in [0.05, 0.1) is 11.5 Å². The number of rotatable bonds is 7. The zero-order valence-electron chi connectivity index (χ0n) is 18.1. The highest BCUT2D eigenvalue weighted by molar-refractivity contribution is 7.89. The Morgan fingerprint density at radius 2 is 1.36 bits per heavy atom. The fourth-order valence-electron chi connectivity index (χ4n) is 3.65. The molecule has 1 N–H and O–H groups in total. The van der Waals surface area contributed by atoms with Crippen molar-refractivity contribution in [3.05, 3.63) is 28.8 Å². The molecule has 0 saturated carbocycles. The highest BCUT2D eigenvalue weighted by atomic mass is 35.5. The summed E-state index contributed by atoms with van der Waals surface area (Å²) in [5.74, 6) is 0.641. The minimum Gasteiger partial charge on any atom is -0.395 e. The summed E-state index contributed by atoms with van der Waals surface area (Å²) in [6.45, 7) is 15.6. The van der Waals surface area contributed by atoms with Crippen molar-refractivity contribution >= 4 is 22.4 Å². The van der Waals surface area contributed by atoms with Crippen molar-refractivity contribution in [2.75, 3.05) is 39.3 Å². The van der Waals surface area contributed by atoms with Crippen molar-refractivity contribution in [2.24, 2.45) is 0 Å². The van der Waals surface area contributed by atoms with Gasteiger partial charge in [-0.05, 0) is 34.4 Å². The molecule has 1 heterocycles. The number of hydrogen-bond acceptors (Lipinski definition) is 4. The highest BCUT2D eigenvalue weighted by Crippen LogP contribution is 2.36. The minimum absolute atomic E-state index is 0. The normalized spacial score (nSPS) is 16.8. The molecule has 0 amide bonds. The van der Waals surface area contributed by atoms with Crippen molar-refractivity contribution < 1.29 is 13.5 Å². The number of benzene rings is 1. The van der Waals surface area contributed by atoms with Crippen LogP contribution in [-0.4, -0.2) is 62.1 Å². The van der Waals surface area contributed by atoms with Gasteiger partial charge in [0.15, 0.2) is 0 Å². The number of β-amino-alcohol motifs (C(OH)–C–C–N with tert-alkyl or cyclic N) is 1. The second kappa shape index (κ2) is 10.4. The molecule has 0 aromatic heterocycles. The summed E-state index contributed by atoms with van der Waals surface area (Å²) in [4.78, 5) is 2.63. The lowest BCUT2D eigenvalue weighted by atomic mass is 9.89. The van der Waals surface area contributed by atoms with Crippen molar-refractivity contribution in [2.45, 2.75) is 64.2 Å². The van der Waals surface area contributed by atoms with Gasteiger partial charge >= 0.3 is 0 Å². The minimum atomic E-state index is -3.55. The van der Waals surface area contributed by atoms with Gasteiger partial charge in [0.25, 0.3) is 0 Å². The van der Waals surface area contributed by atoms with E-state index in [1.54, 1.807) is 4.31 Å². The van der Waals surface area contributed by atoms with Gasteiger partial charge in [-0.15, -0.1) is 12.4 Å². The zero-order valence-corrected chi connectivity index (χ0v) is 19.7. The number of piperazine rings is 1. The number of nitrogens with zero attached hydrogens (tertiary/aromatic N) is 2. The quantitative estimate of drug-likeness (QED) is 0.712. The standard InChI is InChI=1S/C21H36N2O3S.ClH/c1-15(2)18-13-19(16(3)4)21(20(14-18)17(5)6)27(25,26)23-9-7-22(8-10-23)11-12-24;/h13-17,24H,7-12H2,1-6H3;1H. The van der Waals surface area contributed by atoms with Crippen molar-refractivity contribution in [1.82, 2.24) is 9.21 Å². The van der Waals surface area contributed by atoms with E-state index in [1.165, 1.54) is 5.56 Å². The smallest absolute Gasteiger partial charge is 0.243 e. The van der Waals surface area contributed by atoms with Crippen LogP contribution in [0.15, 0.2) is 17.0 Å². The molecule has 1 aliphatic heterocycles. The van der Waals surface area contributed by atoms with Crippen LogP contribution in [0.3, 0.4) is 0 Å². The first-order chi connectivity index (χ1) is 12.6. The largest absolute Gasteiger partial charge is 0.395 e. The molecule has 7 heteroatoms. The average molecular weight is 433 g/mol. The predicted octanol–water partition coefficient (Wildman–Crippen LogP) is 3.78. The van der Waals surface area contributed by atoms with Crippen LogP contribution in [0.25, 0.3) is 0 Å². The van der Waals surface area contributed by atoms with Crippen LogP contribution in [0, 0.1) is 0 Å². The Bertz CT molecular complexity index is 711. The molecule has 0 atom stereocenters. The van der Waals surface area contributed by atoms with Crippen molar-refractivity contribution in [1.29, 1.82) is 0 Å². The molecule has 1 aromatic rings. The molecule has 1 fully saturated rings. The second-order valence-corrected chi connectivity index (χ2v) is 10.3. The molecule has 28 heavy (non-hydrogen) atoms. The number of aliphatic hydroxyl groups excluding tert-OH is 1. The molecule has 0 aliphatic carbocycles. The van der Waals surface area contributed by atoms with E-state index in [2.05, 4.69) is 58.6 Å². The lowest BCUT2D eigenvalue weighted by Gasteiger charge is -2.35. The molecule has 2 rings (SSSR count). The summed E-state index contributed by atoms with van der Waals surface area (Å²) < 4.78 is 28.9. The van der Waals surface area contributed by atoms with Crippen LogP contribution in [0.4, 0.5) is 0 Å². The van der Waals surface area contributed by atoms with E-state index in [-0.39, 0.29) is 30.8 Å². The van der Waals surface area contributed by atoms with Gasteiger partial charge in [-0.25, -0.2) is 8.42 Å². The van der Waals surface area contributed by atoms with Crippen molar-refractivity contribution in [3.8, 4) is 0 Å². The maximum atomic E-state index is 13.6. The summed E-state index contributed by atoms with van der Waals surface area (Å²) in [5, 5.41) is 9.11. The molecule has 5 nitrogen and oxygen atoms in total. The molecule has 1 saturated heterocycles. The van der Waals surface area contributed by atoms with Crippen LogP contribution < -0.4 is 0 Å². The van der Waals surface area contributed by atoms with Gasteiger partial charge in [-0.3, -0.25) is 4.90 Å². The fraction of sp³-hybridized carbons (Fsp3) is 0.714. The van der Waals surface area contributed by atoms with E-state index in [0.29, 0.717) is 43.5 Å². The maximum Gasteiger partial charge on any atom is 0.243 e. The van der Waals surface area contributed by atoms with E-state index >= 15 is 0 Å².